The van der Waals surface area contributed by atoms with Crippen molar-refractivity contribution >= 4 is 10.0 Å². The Morgan fingerprint density at radius 1 is 1.00 bits per heavy atom. The van der Waals surface area contributed by atoms with Crippen LogP contribution in [-0.4, -0.2) is 25.5 Å². The molecule has 0 unspecified atom stereocenters. The molecule has 0 aliphatic carbocycles. The van der Waals surface area contributed by atoms with Crippen LogP contribution in [0.3, 0.4) is 0 Å². The van der Waals surface area contributed by atoms with Crippen molar-refractivity contribution in [2.24, 2.45) is 0 Å². The van der Waals surface area contributed by atoms with Crippen LogP contribution in [0.5, 0.6) is 0 Å². The molecule has 0 amide bonds. The monoisotopic (exact) mass is 303 g/mol. The zero-order valence-electron chi connectivity index (χ0n) is 11.7. The fourth-order valence-electron chi connectivity index (χ4n) is 2.53. The second-order valence-corrected chi connectivity index (χ2v) is 6.91. The Bertz CT molecular complexity index is 701. The van der Waals surface area contributed by atoms with Crippen LogP contribution in [0.25, 0.3) is 0 Å². The molecule has 2 atom stereocenters. The van der Waals surface area contributed by atoms with E-state index in [-0.39, 0.29) is 6.10 Å². The molecule has 1 aliphatic rings. The average molecular weight is 303 g/mol. The number of sulfonamides is 1. The fourth-order valence-corrected chi connectivity index (χ4v) is 4.08. The van der Waals surface area contributed by atoms with E-state index in [1.807, 2.05) is 30.3 Å². The number of hydrogen-bond acceptors (Lipinski definition) is 3. The predicted molar refractivity (Wildman–Crippen MR) is 80.1 cm³/mol. The van der Waals surface area contributed by atoms with E-state index in [4.69, 9.17) is 4.74 Å². The van der Waals surface area contributed by atoms with Crippen LogP contribution < -0.4 is 0 Å². The highest BCUT2D eigenvalue weighted by molar-refractivity contribution is 7.89. The van der Waals surface area contributed by atoms with E-state index in [2.05, 4.69) is 0 Å². The van der Waals surface area contributed by atoms with Crippen LogP contribution in [0.2, 0.25) is 0 Å². The maximum absolute atomic E-state index is 12.7. The molecule has 1 heterocycles. The van der Waals surface area contributed by atoms with Gasteiger partial charge in [0.2, 0.25) is 10.0 Å². The van der Waals surface area contributed by atoms with Crippen molar-refractivity contribution in [2.45, 2.75) is 24.2 Å². The van der Waals surface area contributed by atoms with Gasteiger partial charge < -0.3 is 4.74 Å². The van der Waals surface area contributed by atoms with Gasteiger partial charge in [0, 0.05) is 6.54 Å². The first-order chi connectivity index (χ1) is 10.1. The van der Waals surface area contributed by atoms with Gasteiger partial charge in [-0.3, -0.25) is 0 Å². The molecule has 5 heteroatoms. The lowest BCUT2D eigenvalue weighted by atomic mass is 10.1. The maximum Gasteiger partial charge on any atom is 0.245 e. The Hall–Kier alpha value is -1.69. The molecule has 4 nitrogen and oxygen atoms in total. The molecule has 1 saturated heterocycles. The Morgan fingerprint density at radius 3 is 2.19 bits per heavy atom. The Labute approximate surface area is 125 Å². The molecule has 0 spiro atoms. The van der Waals surface area contributed by atoms with E-state index in [1.165, 1.54) is 4.31 Å². The molecular formula is C16H17NO3S. The molecule has 0 saturated carbocycles. The summed E-state index contributed by atoms with van der Waals surface area (Å²) in [7, 11) is -3.52. The highest BCUT2D eigenvalue weighted by Gasteiger charge is 2.39. The molecule has 1 fully saturated rings. The van der Waals surface area contributed by atoms with Crippen molar-refractivity contribution < 1.29 is 13.2 Å². The van der Waals surface area contributed by atoms with Gasteiger partial charge in [0.05, 0.1) is 11.0 Å². The second kappa shape index (κ2) is 5.60. The van der Waals surface area contributed by atoms with Crippen LogP contribution in [-0.2, 0) is 14.8 Å². The van der Waals surface area contributed by atoms with E-state index in [9.17, 15) is 8.42 Å². The van der Waals surface area contributed by atoms with Crippen LogP contribution in [0, 0.1) is 0 Å². The Kier molecular flexibility index (Phi) is 3.80. The van der Waals surface area contributed by atoms with Gasteiger partial charge in [0.25, 0.3) is 0 Å². The molecule has 0 N–H and O–H groups in total. The summed E-state index contributed by atoms with van der Waals surface area (Å²) in [5, 5.41) is 0. The zero-order chi connectivity index (χ0) is 14.9. The summed E-state index contributed by atoms with van der Waals surface area (Å²) in [5.74, 6) is 0. The molecule has 2 aromatic rings. The summed E-state index contributed by atoms with van der Waals surface area (Å²) in [5.41, 5.74) is 0.995. The van der Waals surface area contributed by atoms with Crippen molar-refractivity contribution in [3.05, 3.63) is 66.2 Å². The van der Waals surface area contributed by atoms with Crippen LogP contribution in [0.15, 0.2) is 65.6 Å². The topological polar surface area (TPSA) is 46.6 Å². The number of nitrogens with zero attached hydrogens (tertiary/aromatic N) is 1. The lowest BCUT2D eigenvalue weighted by molar-refractivity contribution is 0.0344. The van der Waals surface area contributed by atoms with Gasteiger partial charge in [-0.15, -0.1) is 0 Å². The minimum atomic E-state index is -3.52. The number of hydrogen-bond donors (Lipinski definition) is 0. The highest BCUT2D eigenvalue weighted by atomic mass is 32.2. The summed E-state index contributed by atoms with van der Waals surface area (Å²) in [6.45, 7) is 2.10. The van der Waals surface area contributed by atoms with Gasteiger partial charge in [0.15, 0.2) is 0 Å². The van der Waals surface area contributed by atoms with Crippen LogP contribution in [0.4, 0.5) is 0 Å². The van der Waals surface area contributed by atoms with Gasteiger partial charge >= 0.3 is 0 Å². The van der Waals surface area contributed by atoms with Gasteiger partial charge in [-0.1, -0.05) is 48.5 Å². The van der Waals surface area contributed by atoms with Crippen molar-refractivity contribution in [3.8, 4) is 0 Å². The van der Waals surface area contributed by atoms with Crippen molar-refractivity contribution in [3.63, 3.8) is 0 Å². The number of rotatable bonds is 3. The van der Waals surface area contributed by atoms with Gasteiger partial charge in [-0.25, -0.2) is 8.42 Å². The Morgan fingerprint density at radius 2 is 1.57 bits per heavy atom. The first kappa shape index (κ1) is 14.3. The minimum Gasteiger partial charge on any atom is -0.353 e. The van der Waals surface area contributed by atoms with E-state index >= 15 is 0 Å². The summed E-state index contributed by atoms with van der Waals surface area (Å²) in [6.07, 6.45) is -0.694. The standard InChI is InChI=1S/C16H17NO3S/c1-13-17(21(18,19)15-10-6-3-7-11-15)12-16(20-13)14-8-4-2-5-9-14/h2-11,13,16H,12H2,1H3/t13-,16-/m1/s1. The van der Waals surface area contributed by atoms with E-state index in [0.29, 0.717) is 11.4 Å². The smallest absolute Gasteiger partial charge is 0.245 e. The first-order valence-electron chi connectivity index (χ1n) is 6.86. The maximum atomic E-state index is 12.7. The van der Waals surface area contributed by atoms with Crippen molar-refractivity contribution in [1.29, 1.82) is 0 Å². The number of ether oxygens (including phenoxy) is 1. The van der Waals surface area contributed by atoms with Gasteiger partial charge in [-0.2, -0.15) is 4.31 Å². The molecule has 1 aliphatic heterocycles. The van der Waals surface area contributed by atoms with Gasteiger partial charge in [-0.05, 0) is 24.6 Å². The zero-order valence-corrected chi connectivity index (χ0v) is 12.5. The van der Waals surface area contributed by atoms with Crippen LogP contribution in [0.1, 0.15) is 18.6 Å². The van der Waals surface area contributed by atoms with Gasteiger partial charge in [0.1, 0.15) is 6.23 Å². The fraction of sp³-hybridized carbons (Fsp3) is 0.250. The minimum absolute atomic E-state index is 0.223. The molecule has 3 rings (SSSR count). The summed E-state index contributed by atoms with van der Waals surface area (Å²) in [6, 6.07) is 18.2. The third kappa shape index (κ3) is 2.72. The summed E-state index contributed by atoms with van der Waals surface area (Å²) < 4.78 is 32.6. The number of benzene rings is 2. The molecule has 0 bridgehead atoms. The van der Waals surface area contributed by atoms with E-state index < -0.39 is 16.3 Å². The largest absolute Gasteiger partial charge is 0.353 e. The lowest BCUT2D eigenvalue weighted by Gasteiger charge is -2.18. The van der Waals surface area contributed by atoms with Crippen molar-refractivity contribution in [1.82, 2.24) is 4.31 Å². The quantitative estimate of drug-likeness (QED) is 0.876. The van der Waals surface area contributed by atoms with E-state index in [1.54, 1.807) is 37.3 Å². The Balaban J connectivity index is 1.87. The first-order valence-corrected chi connectivity index (χ1v) is 8.30. The molecular weight excluding hydrogens is 286 g/mol. The molecule has 21 heavy (non-hydrogen) atoms. The summed E-state index contributed by atoms with van der Waals surface area (Å²) in [4.78, 5) is 0.300. The second-order valence-electron chi connectivity index (χ2n) is 5.02. The molecule has 110 valence electrons. The normalized spacial score (nSPS) is 23.3. The average Bonchev–Trinajstić information content (AvgIpc) is 2.92. The van der Waals surface area contributed by atoms with Crippen molar-refractivity contribution in [2.75, 3.05) is 6.54 Å². The molecule has 2 aromatic carbocycles. The third-order valence-electron chi connectivity index (χ3n) is 3.63. The highest BCUT2D eigenvalue weighted by Crippen LogP contribution is 2.32. The molecule has 0 radical (unpaired) electrons. The molecule has 0 aromatic heterocycles. The summed E-state index contributed by atoms with van der Waals surface area (Å²) >= 11 is 0. The van der Waals surface area contributed by atoms with E-state index in [0.717, 1.165) is 5.56 Å². The lowest BCUT2D eigenvalue weighted by Crippen LogP contribution is -2.34. The SMILES string of the molecule is C[C@H]1O[C@@H](c2ccccc2)CN1S(=O)(=O)c1ccccc1. The third-order valence-corrected chi connectivity index (χ3v) is 5.56. The predicted octanol–water partition coefficient (Wildman–Crippen LogP) is 2.79. The van der Waals surface area contributed by atoms with Crippen LogP contribution >= 0.6 is 0 Å².